The quantitative estimate of drug-likeness (QED) is 0.737. The first kappa shape index (κ1) is 9.73. The molecule has 0 bridgehead atoms. The fraction of sp³-hybridized carbons (Fsp3) is 0.182. The van der Waals surface area contributed by atoms with E-state index in [1.54, 1.807) is 24.4 Å². The molecule has 0 atom stereocenters. The second-order valence-electron chi connectivity index (χ2n) is 3.16. The van der Waals surface area contributed by atoms with Crippen LogP contribution in [0, 0.1) is 0 Å². The lowest BCUT2D eigenvalue weighted by molar-refractivity contribution is 0.203. The van der Waals surface area contributed by atoms with Crippen LogP contribution in [0.5, 0.6) is 5.75 Å². The number of nitrogens with zero attached hydrogens (tertiary/aromatic N) is 1. The van der Waals surface area contributed by atoms with Crippen molar-refractivity contribution in [2.24, 2.45) is 0 Å². The van der Waals surface area contributed by atoms with Crippen molar-refractivity contribution in [3.8, 4) is 5.75 Å². The van der Waals surface area contributed by atoms with Crippen molar-refractivity contribution >= 4 is 16.6 Å². The van der Waals surface area contributed by atoms with Crippen molar-refractivity contribution in [3.63, 3.8) is 0 Å². The van der Waals surface area contributed by atoms with Gasteiger partial charge >= 0.3 is 0 Å². The van der Waals surface area contributed by atoms with Crippen LogP contribution in [-0.2, 0) is 0 Å². The minimum atomic E-state index is -0.00120. The summed E-state index contributed by atoms with van der Waals surface area (Å²) in [6.45, 7) is 0.280. The van der Waals surface area contributed by atoms with E-state index in [1.165, 1.54) is 0 Å². The van der Waals surface area contributed by atoms with Gasteiger partial charge in [-0.1, -0.05) is 0 Å². The molecule has 0 saturated heterocycles. The molecule has 2 rings (SSSR count). The predicted octanol–water partition coefficient (Wildman–Crippen LogP) is 1.19. The van der Waals surface area contributed by atoms with Crippen molar-refractivity contribution < 1.29 is 9.84 Å². The number of nitrogen functional groups attached to an aromatic ring is 1. The van der Waals surface area contributed by atoms with Crippen LogP contribution >= 0.6 is 0 Å². The Bertz CT molecular complexity index is 471. The van der Waals surface area contributed by atoms with Crippen LogP contribution in [0.1, 0.15) is 0 Å². The first-order valence-electron chi connectivity index (χ1n) is 4.69. The normalized spacial score (nSPS) is 10.5. The zero-order valence-electron chi connectivity index (χ0n) is 8.18. The Balaban J connectivity index is 2.46. The predicted molar refractivity (Wildman–Crippen MR) is 58.7 cm³/mol. The Labute approximate surface area is 87.3 Å². The van der Waals surface area contributed by atoms with Gasteiger partial charge in [-0.15, -0.1) is 0 Å². The molecule has 0 saturated carbocycles. The van der Waals surface area contributed by atoms with Gasteiger partial charge in [-0.2, -0.15) is 0 Å². The minimum absolute atomic E-state index is 0.00120. The van der Waals surface area contributed by atoms with Crippen LogP contribution in [0.15, 0.2) is 30.5 Å². The van der Waals surface area contributed by atoms with Crippen LogP contribution < -0.4 is 10.5 Å². The maximum absolute atomic E-state index is 8.68. The molecule has 1 aromatic carbocycles. The number of ether oxygens (including phenoxy) is 1. The summed E-state index contributed by atoms with van der Waals surface area (Å²) < 4.78 is 5.38. The highest BCUT2D eigenvalue weighted by Gasteiger charge is 2.02. The third-order valence-electron chi connectivity index (χ3n) is 2.08. The van der Waals surface area contributed by atoms with Crippen molar-refractivity contribution in [2.75, 3.05) is 18.9 Å². The second kappa shape index (κ2) is 4.14. The molecular weight excluding hydrogens is 192 g/mol. The van der Waals surface area contributed by atoms with Crippen molar-refractivity contribution in [1.29, 1.82) is 0 Å². The van der Waals surface area contributed by atoms with Gasteiger partial charge in [-0.3, -0.25) is 4.98 Å². The highest BCUT2D eigenvalue weighted by molar-refractivity contribution is 5.87. The molecule has 0 aliphatic rings. The number of benzene rings is 1. The van der Waals surface area contributed by atoms with Crippen LogP contribution in [0.2, 0.25) is 0 Å². The lowest BCUT2D eigenvalue weighted by atomic mass is 10.2. The Morgan fingerprint density at radius 3 is 3.00 bits per heavy atom. The zero-order valence-corrected chi connectivity index (χ0v) is 8.18. The topological polar surface area (TPSA) is 68.4 Å². The molecule has 0 aliphatic carbocycles. The molecule has 4 heteroatoms. The molecule has 0 fully saturated rings. The summed E-state index contributed by atoms with van der Waals surface area (Å²) in [5.41, 5.74) is 7.13. The summed E-state index contributed by atoms with van der Waals surface area (Å²) in [6, 6.07) is 7.23. The number of nitrogens with two attached hydrogens (primary N) is 1. The van der Waals surface area contributed by atoms with E-state index in [9.17, 15) is 0 Å². The molecule has 3 N–H and O–H groups in total. The van der Waals surface area contributed by atoms with Gasteiger partial charge in [-0.25, -0.2) is 0 Å². The molecule has 0 spiro atoms. The lowest BCUT2D eigenvalue weighted by Crippen LogP contribution is -2.02. The van der Waals surface area contributed by atoms with Crippen molar-refractivity contribution in [2.45, 2.75) is 0 Å². The smallest absolute Gasteiger partial charge is 0.130 e. The maximum Gasteiger partial charge on any atom is 0.130 e. The molecule has 1 heterocycles. The molecule has 1 aromatic heterocycles. The first-order valence-corrected chi connectivity index (χ1v) is 4.69. The number of anilines is 1. The molecule has 15 heavy (non-hydrogen) atoms. The van der Waals surface area contributed by atoms with Crippen LogP contribution in [0.3, 0.4) is 0 Å². The fourth-order valence-corrected chi connectivity index (χ4v) is 1.42. The highest BCUT2D eigenvalue weighted by Crippen LogP contribution is 2.25. The van der Waals surface area contributed by atoms with E-state index in [-0.39, 0.29) is 13.2 Å². The number of rotatable bonds is 3. The van der Waals surface area contributed by atoms with Gasteiger partial charge < -0.3 is 15.6 Å². The van der Waals surface area contributed by atoms with E-state index in [4.69, 9.17) is 15.6 Å². The molecule has 0 amide bonds. The van der Waals surface area contributed by atoms with E-state index >= 15 is 0 Å². The van der Waals surface area contributed by atoms with Gasteiger partial charge in [0.05, 0.1) is 12.1 Å². The summed E-state index contributed by atoms with van der Waals surface area (Å²) >= 11 is 0. The Morgan fingerprint density at radius 1 is 1.33 bits per heavy atom. The molecular formula is C11H12N2O2. The molecule has 78 valence electrons. The standard InChI is InChI=1S/C11H12N2O2/c12-8-1-2-9-10(7-8)13-4-3-11(9)15-6-5-14/h1-4,7,14H,5-6,12H2. The van der Waals surface area contributed by atoms with Gasteiger partial charge in [-0.05, 0) is 24.3 Å². The number of aliphatic hydroxyl groups is 1. The number of hydrogen-bond donors (Lipinski definition) is 2. The monoisotopic (exact) mass is 204 g/mol. The Morgan fingerprint density at radius 2 is 2.20 bits per heavy atom. The summed E-state index contributed by atoms with van der Waals surface area (Å²) in [6.07, 6.45) is 1.66. The second-order valence-corrected chi connectivity index (χ2v) is 3.16. The molecule has 0 radical (unpaired) electrons. The van der Waals surface area contributed by atoms with Gasteiger partial charge in [0.1, 0.15) is 12.4 Å². The lowest BCUT2D eigenvalue weighted by Gasteiger charge is -2.07. The summed E-state index contributed by atoms with van der Waals surface area (Å²) in [4.78, 5) is 4.19. The first-order chi connectivity index (χ1) is 7.31. The van der Waals surface area contributed by atoms with Gasteiger partial charge in [0.25, 0.3) is 0 Å². The Hall–Kier alpha value is -1.81. The summed E-state index contributed by atoms with van der Waals surface area (Å²) in [7, 11) is 0. The number of fused-ring (bicyclic) bond motifs is 1. The summed E-state index contributed by atoms with van der Waals surface area (Å²) in [5, 5.41) is 9.59. The molecule has 4 nitrogen and oxygen atoms in total. The number of aliphatic hydroxyl groups excluding tert-OH is 1. The van der Waals surface area contributed by atoms with Gasteiger partial charge in [0.15, 0.2) is 0 Å². The van der Waals surface area contributed by atoms with Gasteiger partial charge in [0.2, 0.25) is 0 Å². The zero-order chi connectivity index (χ0) is 10.7. The van der Waals surface area contributed by atoms with Crippen LogP contribution in [-0.4, -0.2) is 23.3 Å². The number of pyridine rings is 1. The van der Waals surface area contributed by atoms with Crippen molar-refractivity contribution in [3.05, 3.63) is 30.5 Å². The fourth-order valence-electron chi connectivity index (χ4n) is 1.42. The molecule has 0 unspecified atom stereocenters. The SMILES string of the molecule is Nc1ccc2c(OCCO)ccnc2c1. The minimum Gasteiger partial charge on any atom is -0.490 e. The summed E-state index contributed by atoms with van der Waals surface area (Å²) in [5.74, 6) is 0.717. The molecule has 0 aliphatic heterocycles. The third-order valence-corrected chi connectivity index (χ3v) is 2.08. The third kappa shape index (κ3) is 1.99. The maximum atomic E-state index is 8.68. The Kier molecular flexibility index (Phi) is 2.69. The van der Waals surface area contributed by atoms with Crippen LogP contribution in [0.4, 0.5) is 5.69 Å². The van der Waals surface area contributed by atoms with E-state index in [0.717, 1.165) is 10.9 Å². The van der Waals surface area contributed by atoms with Crippen LogP contribution in [0.25, 0.3) is 10.9 Å². The average Bonchev–Trinajstić information content (AvgIpc) is 2.25. The van der Waals surface area contributed by atoms with Gasteiger partial charge in [0, 0.05) is 17.3 Å². The number of hydrogen-bond acceptors (Lipinski definition) is 4. The number of aromatic nitrogens is 1. The highest BCUT2D eigenvalue weighted by atomic mass is 16.5. The molecule has 2 aromatic rings. The van der Waals surface area contributed by atoms with E-state index < -0.39 is 0 Å². The van der Waals surface area contributed by atoms with Crippen molar-refractivity contribution in [1.82, 2.24) is 4.98 Å². The van der Waals surface area contributed by atoms with E-state index in [2.05, 4.69) is 4.98 Å². The largest absolute Gasteiger partial charge is 0.490 e. The van der Waals surface area contributed by atoms with E-state index in [1.807, 2.05) is 6.07 Å². The van der Waals surface area contributed by atoms with E-state index in [0.29, 0.717) is 11.4 Å². The average molecular weight is 204 g/mol.